The Morgan fingerprint density at radius 1 is 1.33 bits per heavy atom. The zero-order valence-electron chi connectivity index (χ0n) is 11.3. The lowest BCUT2D eigenvalue weighted by atomic mass is 10.2. The van der Waals surface area contributed by atoms with Gasteiger partial charge in [-0.1, -0.05) is 29.8 Å². The van der Waals surface area contributed by atoms with Gasteiger partial charge in [0.25, 0.3) is 5.91 Å². The highest BCUT2D eigenvalue weighted by Crippen LogP contribution is 2.30. The summed E-state index contributed by atoms with van der Waals surface area (Å²) in [5, 5.41) is 0.468. The molecule has 0 radical (unpaired) electrons. The summed E-state index contributed by atoms with van der Waals surface area (Å²) in [6, 6.07) is 9.84. The van der Waals surface area contributed by atoms with Gasteiger partial charge in [-0.05, 0) is 31.0 Å². The van der Waals surface area contributed by atoms with E-state index in [1.54, 1.807) is 35.2 Å². The maximum absolute atomic E-state index is 13.8. The first-order valence-corrected chi connectivity index (χ1v) is 7.19. The summed E-state index contributed by atoms with van der Waals surface area (Å²) in [6.45, 7) is 0.254. The number of amides is 1. The van der Waals surface area contributed by atoms with Gasteiger partial charge in [-0.2, -0.15) is 0 Å². The van der Waals surface area contributed by atoms with Gasteiger partial charge >= 0.3 is 0 Å². The lowest BCUT2D eigenvalue weighted by Crippen LogP contribution is -2.33. The standard InChI is InChI=1S/C16H14ClFN2O/c17-12-7-8-19-15(9-12)16(21)20(13-5-6-13)10-11-3-1-2-4-14(11)18/h1-4,7-9,13H,5-6,10H2. The van der Waals surface area contributed by atoms with Crippen molar-refractivity contribution in [3.8, 4) is 0 Å². The van der Waals surface area contributed by atoms with Crippen LogP contribution in [0, 0.1) is 5.82 Å². The van der Waals surface area contributed by atoms with Crippen molar-refractivity contribution in [3.63, 3.8) is 0 Å². The van der Waals surface area contributed by atoms with Gasteiger partial charge in [0, 0.05) is 29.4 Å². The SMILES string of the molecule is O=C(c1cc(Cl)ccn1)N(Cc1ccccc1F)C1CC1. The third kappa shape index (κ3) is 3.22. The van der Waals surface area contributed by atoms with Gasteiger partial charge in [0.15, 0.2) is 0 Å². The second-order valence-corrected chi connectivity index (χ2v) is 5.55. The molecule has 1 fully saturated rings. The van der Waals surface area contributed by atoms with Gasteiger partial charge in [0.1, 0.15) is 11.5 Å². The Balaban J connectivity index is 1.85. The predicted molar refractivity (Wildman–Crippen MR) is 78.5 cm³/mol. The van der Waals surface area contributed by atoms with Gasteiger partial charge in [0.05, 0.1) is 0 Å². The van der Waals surface area contributed by atoms with Crippen LogP contribution in [-0.2, 0) is 6.54 Å². The maximum atomic E-state index is 13.8. The number of carbonyl (C=O) groups excluding carboxylic acids is 1. The van der Waals surface area contributed by atoms with E-state index in [9.17, 15) is 9.18 Å². The van der Waals surface area contributed by atoms with E-state index in [-0.39, 0.29) is 24.3 Å². The molecular weight excluding hydrogens is 291 g/mol. The molecule has 0 spiro atoms. The van der Waals surface area contributed by atoms with Crippen molar-refractivity contribution >= 4 is 17.5 Å². The third-order valence-electron chi connectivity index (χ3n) is 3.49. The van der Waals surface area contributed by atoms with Crippen molar-refractivity contribution in [2.24, 2.45) is 0 Å². The van der Waals surface area contributed by atoms with Gasteiger partial charge in [0.2, 0.25) is 0 Å². The Kier molecular flexibility index (Phi) is 3.88. The number of aromatic nitrogens is 1. The van der Waals surface area contributed by atoms with Crippen LogP contribution in [0.25, 0.3) is 0 Å². The molecule has 1 aromatic heterocycles. The number of hydrogen-bond donors (Lipinski definition) is 0. The number of carbonyl (C=O) groups is 1. The average Bonchev–Trinajstić information content (AvgIpc) is 3.30. The fraction of sp³-hybridized carbons (Fsp3) is 0.250. The number of benzene rings is 1. The van der Waals surface area contributed by atoms with Crippen molar-refractivity contribution in [1.29, 1.82) is 0 Å². The summed E-state index contributed by atoms with van der Waals surface area (Å²) < 4.78 is 13.8. The molecule has 0 bridgehead atoms. The van der Waals surface area contributed by atoms with Crippen molar-refractivity contribution in [2.45, 2.75) is 25.4 Å². The topological polar surface area (TPSA) is 33.2 Å². The largest absolute Gasteiger partial charge is 0.330 e. The molecule has 1 amide bonds. The van der Waals surface area contributed by atoms with E-state index in [2.05, 4.69) is 4.98 Å². The van der Waals surface area contributed by atoms with Crippen LogP contribution in [0.1, 0.15) is 28.9 Å². The smallest absolute Gasteiger partial charge is 0.273 e. The minimum atomic E-state index is -0.296. The Morgan fingerprint density at radius 3 is 2.76 bits per heavy atom. The zero-order valence-corrected chi connectivity index (χ0v) is 12.1. The van der Waals surface area contributed by atoms with E-state index in [1.165, 1.54) is 12.3 Å². The monoisotopic (exact) mass is 304 g/mol. The van der Waals surface area contributed by atoms with Crippen molar-refractivity contribution in [3.05, 3.63) is 64.7 Å². The number of nitrogens with zero attached hydrogens (tertiary/aromatic N) is 2. The fourth-order valence-electron chi connectivity index (χ4n) is 2.23. The second-order valence-electron chi connectivity index (χ2n) is 5.11. The number of pyridine rings is 1. The molecule has 0 unspecified atom stereocenters. The first-order valence-electron chi connectivity index (χ1n) is 6.81. The fourth-order valence-corrected chi connectivity index (χ4v) is 2.39. The highest BCUT2D eigenvalue weighted by Gasteiger charge is 2.34. The molecule has 108 valence electrons. The molecule has 1 saturated carbocycles. The summed E-state index contributed by atoms with van der Waals surface area (Å²) in [6.07, 6.45) is 3.39. The summed E-state index contributed by atoms with van der Waals surface area (Å²) in [4.78, 5) is 18.3. The molecule has 1 aliphatic rings. The molecule has 5 heteroatoms. The molecule has 2 aromatic rings. The first-order chi connectivity index (χ1) is 10.1. The molecule has 0 N–H and O–H groups in total. The van der Waals surface area contributed by atoms with Gasteiger partial charge in [-0.15, -0.1) is 0 Å². The molecule has 3 nitrogen and oxygen atoms in total. The highest BCUT2D eigenvalue weighted by atomic mass is 35.5. The van der Waals surface area contributed by atoms with Crippen LogP contribution in [0.2, 0.25) is 5.02 Å². The van der Waals surface area contributed by atoms with Crippen LogP contribution in [0.5, 0.6) is 0 Å². The van der Waals surface area contributed by atoms with Gasteiger partial charge in [-0.25, -0.2) is 4.39 Å². The molecule has 1 aliphatic carbocycles. The van der Waals surface area contributed by atoms with E-state index in [0.717, 1.165) is 12.8 Å². The Hall–Kier alpha value is -1.94. The Morgan fingerprint density at radius 2 is 2.10 bits per heavy atom. The van der Waals surface area contributed by atoms with Crippen molar-refractivity contribution in [2.75, 3.05) is 0 Å². The number of halogens is 2. The second kappa shape index (κ2) is 5.82. The quantitative estimate of drug-likeness (QED) is 0.863. The molecule has 0 saturated heterocycles. The van der Waals surface area contributed by atoms with E-state index in [1.807, 2.05) is 0 Å². The van der Waals surface area contributed by atoms with Crippen LogP contribution in [-0.4, -0.2) is 21.8 Å². The third-order valence-corrected chi connectivity index (χ3v) is 3.72. The molecule has 21 heavy (non-hydrogen) atoms. The van der Waals surface area contributed by atoms with E-state index >= 15 is 0 Å². The lowest BCUT2D eigenvalue weighted by Gasteiger charge is -2.22. The lowest BCUT2D eigenvalue weighted by molar-refractivity contribution is 0.0722. The Bertz CT molecular complexity index is 673. The molecule has 0 atom stereocenters. The molecule has 1 heterocycles. The van der Waals surface area contributed by atoms with Gasteiger partial charge in [-0.3, -0.25) is 9.78 Å². The molecule has 1 aromatic carbocycles. The summed E-state index contributed by atoms with van der Waals surface area (Å²) in [5.74, 6) is -0.502. The van der Waals surface area contributed by atoms with E-state index < -0.39 is 0 Å². The number of hydrogen-bond acceptors (Lipinski definition) is 2. The average molecular weight is 305 g/mol. The molecule has 3 rings (SSSR count). The minimum absolute atomic E-state index is 0.165. The van der Waals surface area contributed by atoms with Crippen LogP contribution in [0.4, 0.5) is 4.39 Å². The zero-order chi connectivity index (χ0) is 14.8. The van der Waals surface area contributed by atoms with E-state index in [0.29, 0.717) is 16.3 Å². The summed E-state index contributed by atoms with van der Waals surface area (Å²) in [5.41, 5.74) is 0.811. The van der Waals surface area contributed by atoms with Crippen LogP contribution >= 0.6 is 11.6 Å². The minimum Gasteiger partial charge on any atom is -0.330 e. The van der Waals surface area contributed by atoms with Crippen LogP contribution in [0.3, 0.4) is 0 Å². The first kappa shape index (κ1) is 14.0. The number of rotatable bonds is 4. The Labute approximate surface area is 127 Å². The maximum Gasteiger partial charge on any atom is 0.273 e. The van der Waals surface area contributed by atoms with Crippen LogP contribution in [0.15, 0.2) is 42.6 Å². The van der Waals surface area contributed by atoms with E-state index in [4.69, 9.17) is 11.6 Å². The normalized spacial score (nSPS) is 14.0. The predicted octanol–water partition coefficient (Wildman–Crippen LogP) is 3.68. The molecular formula is C16H14ClFN2O. The van der Waals surface area contributed by atoms with Crippen molar-refractivity contribution in [1.82, 2.24) is 9.88 Å². The highest BCUT2D eigenvalue weighted by molar-refractivity contribution is 6.30. The summed E-state index contributed by atoms with van der Waals surface area (Å²) in [7, 11) is 0. The van der Waals surface area contributed by atoms with Crippen molar-refractivity contribution < 1.29 is 9.18 Å². The van der Waals surface area contributed by atoms with Crippen LogP contribution < -0.4 is 0 Å². The summed E-state index contributed by atoms with van der Waals surface area (Å²) >= 11 is 5.90. The van der Waals surface area contributed by atoms with Gasteiger partial charge < -0.3 is 4.90 Å². The molecule has 0 aliphatic heterocycles.